The molecule has 7 nitrogen and oxygen atoms in total. The molecule has 3 rings (SSSR count). The number of para-hydroxylation sites is 1. The summed E-state index contributed by atoms with van der Waals surface area (Å²) in [4.78, 5) is 21.3. The summed E-state index contributed by atoms with van der Waals surface area (Å²) in [5, 5.41) is 0.883. The second-order valence-electron chi connectivity index (χ2n) is 7.22. The quantitative estimate of drug-likeness (QED) is 0.463. The van der Waals surface area contributed by atoms with E-state index in [4.69, 9.17) is 16.3 Å². The Kier molecular flexibility index (Phi) is 7.53. The average molecular weight is 482 g/mol. The molecule has 0 fully saturated rings. The van der Waals surface area contributed by atoms with Crippen LogP contribution in [0.2, 0.25) is 5.02 Å². The number of carbonyl (C=O) groups excluding carboxylic acids is 1. The molecule has 0 atom stereocenters. The maximum atomic E-state index is 13.1. The smallest absolute Gasteiger partial charge is 0.244 e. The van der Waals surface area contributed by atoms with Crippen LogP contribution in [0, 0.1) is 0 Å². The van der Waals surface area contributed by atoms with Crippen molar-refractivity contribution in [3.05, 3.63) is 47.5 Å². The Morgan fingerprint density at radius 3 is 2.48 bits per heavy atom. The number of methoxy groups -OCH3 is 1. The van der Waals surface area contributed by atoms with Crippen molar-refractivity contribution < 1.29 is 17.9 Å². The molecule has 0 aliphatic carbocycles. The van der Waals surface area contributed by atoms with Gasteiger partial charge in [-0.25, -0.2) is 13.4 Å². The van der Waals surface area contributed by atoms with Gasteiger partial charge in [0.05, 0.1) is 16.7 Å². The van der Waals surface area contributed by atoms with Crippen LogP contribution >= 0.6 is 22.9 Å². The van der Waals surface area contributed by atoms with Gasteiger partial charge in [0.2, 0.25) is 5.91 Å². The number of carbonyl (C=O) groups is 1. The first-order valence-electron chi connectivity index (χ1n) is 9.58. The van der Waals surface area contributed by atoms with E-state index >= 15 is 0 Å². The number of thiazole rings is 1. The second-order valence-corrected chi connectivity index (χ2v) is 10.7. The van der Waals surface area contributed by atoms with Crippen LogP contribution in [0.5, 0.6) is 5.75 Å². The van der Waals surface area contributed by atoms with E-state index in [2.05, 4.69) is 4.98 Å². The lowest BCUT2D eigenvalue weighted by Crippen LogP contribution is -2.37. The van der Waals surface area contributed by atoms with Gasteiger partial charge in [-0.2, -0.15) is 0 Å². The predicted molar refractivity (Wildman–Crippen MR) is 125 cm³/mol. The molecule has 1 aromatic heterocycles. The molecule has 0 N–H and O–H groups in total. The van der Waals surface area contributed by atoms with E-state index in [1.165, 1.54) is 40.5 Å². The number of benzene rings is 2. The molecule has 0 saturated carbocycles. The summed E-state index contributed by atoms with van der Waals surface area (Å²) in [5.41, 5.74) is 0.649. The molecular formula is C21H24ClN3O4S2. The number of hydrogen-bond donors (Lipinski definition) is 0. The van der Waals surface area contributed by atoms with Crippen LogP contribution in [0.25, 0.3) is 10.2 Å². The van der Waals surface area contributed by atoms with Gasteiger partial charge in [-0.15, -0.1) is 0 Å². The van der Waals surface area contributed by atoms with Crippen molar-refractivity contribution in [2.24, 2.45) is 0 Å². The molecule has 0 saturated heterocycles. The molecule has 0 aliphatic heterocycles. The highest BCUT2D eigenvalue weighted by Crippen LogP contribution is 2.34. The first kappa shape index (κ1) is 23.5. The SMILES string of the molecule is COc1cccc2sc(N(CCCN(C)C)C(=O)CS(=O)(=O)c3ccc(Cl)cc3)nc12. The maximum absolute atomic E-state index is 13.1. The van der Waals surface area contributed by atoms with Crippen molar-refractivity contribution in [2.45, 2.75) is 11.3 Å². The summed E-state index contributed by atoms with van der Waals surface area (Å²) < 4.78 is 31.8. The van der Waals surface area contributed by atoms with E-state index in [1.807, 2.05) is 31.1 Å². The number of anilines is 1. The highest BCUT2D eigenvalue weighted by molar-refractivity contribution is 7.92. The number of hydrogen-bond acceptors (Lipinski definition) is 7. The summed E-state index contributed by atoms with van der Waals surface area (Å²) in [7, 11) is 1.63. The molecule has 1 amide bonds. The molecule has 31 heavy (non-hydrogen) atoms. The lowest BCUT2D eigenvalue weighted by molar-refractivity contribution is -0.116. The molecule has 3 aromatic rings. The largest absolute Gasteiger partial charge is 0.494 e. The first-order valence-corrected chi connectivity index (χ1v) is 12.4. The van der Waals surface area contributed by atoms with Crippen LogP contribution < -0.4 is 9.64 Å². The fraction of sp³-hybridized carbons (Fsp3) is 0.333. The fourth-order valence-corrected chi connectivity index (χ4v) is 5.38. The number of amides is 1. The monoisotopic (exact) mass is 481 g/mol. The van der Waals surface area contributed by atoms with Crippen molar-refractivity contribution in [3.63, 3.8) is 0 Å². The van der Waals surface area contributed by atoms with Gasteiger partial charge in [0, 0.05) is 11.6 Å². The normalized spacial score (nSPS) is 11.8. The van der Waals surface area contributed by atoms with Crippen molar-refractivity contribution in [1.29, 1.82) is 0 Å². The van der Waals surface area contributed by atoms with Gasteiger partial charge in [0.1, 0.15) is 17.0 Å². The maximum Gasteiger partial charge on any atom is 0.244 e. The van der Waals surface area contributed by atoms with Crippen LogP contribution in [0.4, 0.5) is 5.13 Å². The number of nitrogens with zero attached hydrogens (tertiary/aromatic N) is 3. The predicted octanol–water partition coefficient (Wildman–Crippen LogP) is 3.72. The topological polar surface area (TPSA) is 79.8 Å². The Labute approximate surface area is 191 Å². The molecule has 0 unspecified atom stereocenters. The minimum atomic E-state index is -3.82. The number of ether oxygens (including phenoxy) is 1. The Morgan fingerprint density at radius 1 is 1.13 bits per heavy atom. The molecule has 0 bridgehead atoms. The summed E-state index contributed by atoms with van der Waals surface area (Å²) in [6.45, 7) is 1.11. The fourth-order valence-electron chi connectivity index (χ4n) is 3.03. The summed E-state index contributed by atoms with van der Waals surface area (Å²) in [6.07, 6.45) is 0.673. The first-order chi connectivity index (χ1) is 14.7. The number of rotatable bonds is 9. The van der Waals surface area contributed by atoms with Crippen LogP contribution in [0.3, 0.4) is 0 Å². The number of fused-ring (bicyclic) bond motifs is 1. The Bertz CT molecular complexity index is 1160. The number of halogens is 1. The standard InChI is InChI=1S/C21H24ClN3O4S2/c1-24(2)12-5-13-25(21-23-20-17(29-3)6-4-7-18(20)30-21)19(26)14-31(27,28)16-10-8-15(22)9-11-16/h4,6-11H,5,12-14H2,1-3H3. The highest BCUT2D eigenvalue weighted by atomic mass is 35.5. The van der Waals surface area contributed by atoms with Crippen molar-refractivity contribution in [3.8, 4) is 5.75 Å². The molecule has 1 heterocycles. The van der Waals surface area contributed by atoms with Crippen molar-refractivity contribution >= 4 is 54.0 Å². The number of sulfone groups is 1. The van der Waals surface area contributed by atoms with Gasteiger partial charge in [-0.05, 0) is 63.5 Å². The Balaban J connectivity index is 1.91. The van der Waals surface area contributed by atoms with E-state index in [0.717, 1.165) is 11.2 Å². The molecule has 166 valence electrons. The zero-order valence-electron chi connectivity index (χ0n) is 17.5. The lowest BCUT2D eigenvalue weighted by atomic mass is 10.3. The van der Waals surface area contributed by atoms with Crippen molar-refractivity contribution in [1.82, 2.24) is 9.88 Å². The van der Waals surface area contributed by atoms with E-state index in [9.17, 15) is 13.2 Å². The van der Waals surface area contributed by atoms with E-state index < -0.39 is 21.5 Å². The third-order valence-corrected chi connectivity index (χ3v) is 7.51. The molecule has 10 heteroatoms. The van der Waals surface area contributed by atoms with E-state index in [-0.39, 0.29) is 4.90 Å². The second kappa shape index (κ2) is 9.95. The van der Waals surface area contributed by atoms with Crippen LogP contribution in [-0.2, 0) is 14.6 Å². The average Bonchev–Trinajstić information content (AvgIpc) is 3.14. The zero-order valence-corrected chi connectivity index (χ0v) is 19.9. The third kappa shape index (κ3) is 5.74. The molecule has 0 radical (unpaired) electrons. The number of aromatic nitrogens is 1. The van der Waals surface area contributed by atoms with Gasteiger partial charge in [-0.3, -0.25) is 9.69 Å². The minimum absolute atomic E-state index is 0.0597. The summed E-state index contributed by atoms with van der Waals surface area (Å²) >= 11 is 7.19. The summed E-state index contributed by atoms with van der Waals surface area (Å²) in [5.74, 6) is -0.565. The molecule has 0 aliphatic rings. The Morgan fingerprint density at radius 2 is 1.84 bits per heavy atom. The van der Waals surface area contributed by atoms with Crippen LogP contribution in [0.1, 0.15) is 6.42 Å². The van der Waals surface area contributed by atoms with E-state index in [0.29, 0.717) is 34.4 Å². The molecule has 2 aromatic carbocycles. The van der Waals surface area contributed by atoms with Crippen LogP contribution in [0.15, 0.2) is 47.4 Å². The van der Waals surface area contributed by atoms with Gasteiger partial charge in [0.15, 0.2) is 15.0 Å². The third-order valence-electron chi connectivity index (χ3n) is 4.60. The zero-order chi connectivity index (χ0) is 22.6. The van der Waals surface area contributed by atoms with Gasteiger partial charge >= 0.3 is 0 Å². The van der Waals surface area contributed by atoms with Gasteiger partial charge < -0.3 is 9.64 Å². The van der Waals surface area contributed by atoms with E-state index in [1.54, 1.807) is 13.2 Å². The van der Waals surface area contributed by atoms with Gasteiger partial charge in [0.25, 0.3) is 0 Å². The molecule has 0 spiro atoms. The van der Waals surface area contributed by atoms with Crippen molar-refractivity contribution in [2.75, 3.05) is 44.9 Å². The molecular weight excluding hydrogens is 458 g/mol. The van der Waals surface area contributed by atoms with Gasteiger partial charge in [-0.1, -0.05) is 29.0 Å². The lowest BCUT2D eigenvalue weighted by Gasteiger charge is -2.21. The minimum Gasteiger partial charge on any atom is -0.494 e. The highest BCUT2D eigenvalue weighted by Gasteiger charge is 2.27. The summed E-state index contributed by atoms with van der Waals surface area (Å²) in [6, 6.07) is 11.3. The van der Waals surface area contributed by atoms with Crippen LogP contribution in [-0.4, -0.2) is 64.3 Å². The Hall–Kier alpha value is -2.20.